The number of hydrogen-bond donors (Lipinski definition) is 5. The first kappa shape index (κ1) is 60.0. The van der Waals surface area contributed by atoms with Crippen molar-refractivity contribution in [2.75, 3.05) is 52.1 Å². The Hall–Kier alpha value is -5.26. The van der Waals surface area contributed by atoms with Gasteiger partial charge in [0.2, 0.25) is 29.5 Å². The predicted octanol–water partition coefficient (Wildman–Crippen LogP) is 4.27. The third kappa shape index (κ3) is 14.5. The number of benzene rings is 1. The molecular weight excluding hydrogens is 1030 g/mol. The highest BCUT2D eigenvalue weighted by atomic mass is 35.5. The lowest BCUT2D eigenvalue weighted by molar-refractivity contribution is -0.162. The number of anilines is 1. The first-order valence-corrected chi connectivity index (χ1v) is 27.4. The minimum atomic E-state index is -1.89. The van der Waals surface area contributed by atoms with Crippen LogP contribution >= 0.6 is 23.4 Å². The molecule has 0 unspecified atom stereocenters. The highest BCUT2D eigenvalue weighted by molar-refractivity contribution is 8.00. The molecule has 6 amide bonds. The van der Waals surface area contributed by atoms with Crippen molar-refractivity contribution in [1.82, 2.24) is 20.4 Å². The molecule has 1 aliphatic carbocycles. The SMILES string of the molecule is COc1cc2cc(c1Cl)N(C)C(=O)C[C@H](OC(=O)[C@H](C)N(C)C(=O)CCS[C@H]1CC(=O)N(CC3CCC(C(=O)NCCCC[C@H](N)C(=O)O)CC3)C1=O)[C@]1(C)O[C@H]1[C@H](C)[C@@H]1C[C@@](O)(NC(=O)O1)[C@H](OC)/C=C/C=C(\C)C2. The molecule has 6 rings (SSSR count). The fourth-order valence-electron chi connectivity index (χ4n) is 10.5. The van der Waals surface area contributed by atoms with Crippen LogP contribution in [0.25, 0.3) is 0 Å². The normalized spacial score (nSPS) is 30.9. The van der Waals surface area contributed by atoms with Crippen molar-refractivity contribution in [2.24, 2.45) is 23.5 Å². The fourth-order valence-corrected chi connectivity index (χ4v) is 11.9. The maximum atomic E-state index is 14.4. The van der Waals surface area contributed by atoms with Crippen LogP contribution in [0.2, 0.25) is 5.02 Å². The molecule has 6 N–H and O–H groups in total. The summed E-state index contributed by atoms with van der Waals surface area (Å²) < 4.78 is 29.5. The second-order valence-corrected chi connectivity index (χ2v) is 22.7. The van der Waals surface area contributed by atoms with Crippen LogP contribution in [0.5, 0.6) is 5.75 Å². The smallest absolute Gasteiger partial charge is 0.409 e. The largest absolute Gasteiger partial charge is 0.495 e. The van der Waals surface area contributed by atoms with Gasteiger partial charge in [-0.1, -0.05) is 42.3 Å². The Kier molecular flexibility index (Phi) is 20.5. The van der Waals surface area contributed by atoms with Gasteiger partial charge in [0.1, 0.15) is 46.8 Å². The Morgan fingerprint density at radius 1 is 1.08 bits per heavy atom. The van der Waals surface area contributed by atoms with Gasteiger partial charge in [0.05, 0.1) is 30.6 Å². The monoisotopic (exact) mass is 1100 g/mol. The average molecular weight is 1100 g/mol. The van der Waals surface area contributed by atoms with Crippen molar-refractivity contribution in [3.8, 4) is 5.75 Å². The zero-order valence-electron chi connectivity index (χ0n) is 44.7. The summed E-state index contributed by atoms with van der Waals surface area (Å²) in [7, 11) is 5.87. The number of carbonyl (C=O) groups is 8. The molecule has 4 aliphatic heterocycles. The molecule has 5 aliphatic rings. The zero-order chi connectivity index (χ0) is 55.8. The van der Waals surface area contributed by atoms with Gasteiger partial charge in [0.15, 0.2) is 5.72 Å². The standard InChI is InChI=1S/C53H75ClN6O15S/c1-29-12-11-14-40(72-8)53(70)27-38(73-51(69)57-53)30(2)46-52(4,75-46)41(26-43(62)59(6)36-23-33(22-29)24-37(71-7)45(36)54)74-50(68)31(3)58(5)42(61)19-21-76-39-25-44(63)60(48(39)65)28-32-15-17-34(18-16-32)47(64)56-20-10-9-13-35(55)49(66)67/h11-12,14,23-24,30-32,34-35,38-41,46,70H,9-10,13,15-22,25-28,55H2,1-8H3,(H,56,64)(H,57,69)(H,66,67)/b14-11+,29-12+/t30-,31+,32?,34?,35+,38+,39+,40-,41+,46+,52+,53+/m1/s1. The number of halogens is 1. The number of nitrogens with two attached hydrogens (primary N) is 1. The van der Waals surface area contributed by atoms with Crippen LogP contribution in [-0.4, -0.2) is 168 Å². The van der Waals surface area contributed by atoms with Crippen molar-refractivity contribution in [3.63, 3.8) is 0 Å². The van der Waals surface area contributed by atoms with E-state index in [1.807, 2.05) is 13.0 Å². The van der Waals surface area contributed by atoms with E-state index < -0.39 is 95.3 Å². The minimum absolute atomic E-state index is 0.00468. The van der Waals surface area contributed by atoms with Gasteiger partial charge in [-0.2, -0.15) is 0 Å². The number of hydrogen-bond acceptors (Lipinski definition) is 16. The highest BCUT2D eigenvalue weighted by Gasteiger charge is 2.64. The van der Waals surface area contributed by atoms with Crippen molar-refractivity contribution in [1.29, 1.82) is 0 Å². The number of alkyl carbamates (subject to hydrolysis) is 1. The third-order valence-corrected chi connectivity index (χ3v) is 17.2. The van der Waals surface area contributed by atoms with Gasteiger partial charge >= 0.3 is 18.0 Å². The molecule has 1 aromatic rings. The number of likely N-dealkylation sites (tertiary alicyclic amines) is 1. The Labute approximate surface area is 453 Å². The van der Waals surface area contributed by atoms with Gasteiger partial charge in [-0.25, -0.2) is 9.59 Å². The first-order valence-electron chi connectivity index (χ1n) is 26.0. The lowest BCUT2D eigenvalue weighted by Gasteiger charge is -2.42. The number of esters is 1. The van der Waals surface area contributed by atoms with E-state index in [0.717, 1.165) is 11.1 Å². The summed E-state index contributed by atoms with van der Waals surface area (Å²) >= 11 is 8.02. The average Bonchev–Trinajstić information content (AvgIpc) is 4.01. The van der Waals surface area contributed by atoms with Crippen LogP contribution in [0.4, 0.5) is 10.5 Å². The quantitative estimate of drug-likeness (QED) is 0.0594. The number of fused-ring (bicyclic) bond motifs is 5. The number of allylic oxidation sites excluding steroid dienone is 3. The molecule has 420 valence electrons. The molecule has 0 aromatic heterocycles. The third-order valence-electron chi connectivity index (χ3n) is 15.6. The number of epoxide rings is 1. The van der Waals surface area contributed by atoms with E-state index in [-0.39, 0.29) is 66.1 Å². The Morgan fingerprint density at radius 3 is 2.46 bits per heavy atom. The van der Waals surface area contributed by atoms with Crippen molar-refractivity contribution in [3.05, 3.63) is 46.5 Å². The molecule has 4 heterocycles. The van der Waals surface area contributed by atoms with Gasteiger partial charge in [0, 0.05) is 71.1 Å². The molecule has 10 atom stereocenters. The van der Waals surface area contributed by atoms with Crippen LogP contribution < -0.4 is 26.0 Å². The molecule has 4 bridgehead atoms. The number of methoxy groups -OCH3 is 2. The maximum Gasteiger partial charge on any atom is 0.409 e. The first-order chi connectivity index (χ1) is 35.9. The molecule has 4 fully saturated rings. The second kappa shape index (κ2) is 25.9. The van der Waals surface area contributed by atoms with Crippen LogP contribution in [0.1, 0.15) is 104 Å². The van der Waals surface area contributed by atoms with E-state index in [9.17, 15) is 43.5 Å². The summed E-state index contributed by atoms with van der Waals surface area (Å²) in [6.45, 7) is 7.53. The summed E-state index contributed by atoms with van der Waals surface area (Å²) in [6, 6.07) is 1.47. The predicted molar refractivity (Wildman–Crippen MR) is 281 cm³/mol. The number of carbonyl (C=O) groups excluding carboxylic acids is 7. The van der Waals surface area contributed by atoms with Gasteiger partial charge in [-0.3, -0.25) is 39.0 Å². The topological polar surface area (TPSA) is 286 Å². The zero-order valence-corrected chi connectivity index (χ0v) is 46.2. The Balaban J connectivity index is 1.07. The summed E-state index contributed by atoms with van der Waals surface area (Å²) in [5.41, 5.74) is 4.34. The number of nitrogens with one attached hydrogen (secondary N) is 2. The molecule has 3 saturated heterocycles. The minimum Gasteiger partial charge on any atom is -0.495 e. The van der Waals surface area contributed by atoms with Gasteiger partial charge in [-0.05, 0) is 95.8 Å². The molecule has 0 spiro atoms. The van der Waals surface area contributed by atoms with Crippen LogP contribution in [0.15, 0.2) is 35.9 Å². The molecular formula is C53H75ClN6O15S. The molecule has 0 radical (unpaired) electrons. The van der Waals surface area contributed by atoms with E-state index >= 15 is 0 Å². The number of likely N-dealkylation sites (N-methyl/N-ethyl adjacent to an activating group) is 1. The number of imide groups is 1. The number of nitrogens with zero attached hydrogens (tertiary/aromatic N) is 3. The summed E-state index contributed by atoms with van der Waals surface area (Å²) in [6.07, 6.45) is 4.40. The molecule has 23 heteroatoms. The van der Waals surface area contributed by atoms with Crippen LogP contribution in [-0.2, 0) is 58.9 Å². The number of amides is 6. The molecule has 76 heavy (non-hydrogen) atoms. The van der Waals surface area contributed by atoms with Crippen molar-refractivity contribution in [2.45, 2.75) is 158 Å². The molecule has 1 saturated carbocycles. The maximum absolute atomic E-state index is 14.4. The van der Waals surface area contributed by atoms with E-state index in [1.165, 1.54) is 54.7 Å². The fraction of sp³-hybridized carbons (Fsp3) is 0.660. The lowest BCUT2D eigenvalue weighted by Crippen LogP contribution is -2.63. The van der Waals surface area contributed by atoms with E-state index in [2.05, 4.69) is 10.6 Å². The summed E-state index contributed by atoms with van der Waals surface area (Å²) in [5.74, 6) is -3.68. The Bertz CT molecular complexity index is 2420. The number of carboxylic acids is 1. The van der Waals surface area contributed by atoms with Crippen LogP contribution in [0, 0.1) is 17.8 Å². The van der Waals surface area contributed by atoms with Gasteiger partial charge in [-0.15, -0.1) is 11.8 Å². The van der Waals surface area contributed by atoms with Crippen LogP contribution in [0.3, 0.4) is 0 Å². The van der Waals surface area contributed by atoms with E-state index in [4.69, 9.17) is 46.1 Å². The molecule has 1 aromatic carbocycles. The highest BCUT2D eigenvalue weighted by Crippen LogP contribution is 2.49. The Morgan fingerprint density at radius 2 is 1.79 bits per heavy atom. The number of carboxylic acid groups (broad SMARTS) is 1. The van der Waals surface area contributed by atoms with Crippen molar-refractivity contribution < 1.29 is 72.3 Å². The number of ether oxygens (including phenoxy) is 5. The van der Waals surface area contributed by atoms with E-state index in [0.29, 0.717) is 69.3 Å². The molecule has 21 nitrogen and oxygen atoms in total. The van der Waals surface area contributed by atoms with Crippen molar-refractivity contribution >= 4 is 76.6 Å². The van der Waals surface area contributed by atoms with Gasteiger partial charge in [0.25, 0.3) is 0 Å². The second-order valence-electron chi connectivity index (χ2n) is 21.0. The number of aliphatic carboxylic acids is 1. The summed E-state index contributed by atoms with van der Waals surface area (Å²) in [4.78, 5) is 109. The lowest BCUT2D eigenvalue weighted by atomic mass is 9.81. The van der Waals surface area contributed by atoms with Gasteiger partial charge < -0.3 is 54.7 Å². The number of thioether (sulfide) groups is 1. The number of aliphatic hydroxyl groups is 1. The summed E-state index contributed by atoms with van der Waals surface area (Å²) in [5, 5.41) is 25.7. The van der Waals surface area contributed by atoms with E-state index in [1.54, 1.807) is 45.2 Å². The number of unbranched alkanes of at least 4 members (excludes halogenated alkanes) is 1. The number of rotatable bonds is 18.